The van der Waals surface area contributed by atoms with Gasteiger partial charge in [-0.15, -0.1) is 0 Å². The van der Waals surface area contributed by atoms with Crippen molar-refractivity contribution >= 4 is 43.2 Å². The zero-order chi connectivity index (χ0) is 37.8. The van der Waals surface area contributed by atoms with E-state index in [1.807, 2.05) is 48.5 Å². The summed E-state index contributed by atoms with van der Waals surface area (Å²) in [7, 11) is -7.37. The van der Waals surface area contributed by atoms with E-state index in [0.717, 1.165) is 22.3 Å². The molecule has 0 spiro atoms. The highest BCUT2D eigenvalue weighted by atomic mass is 32.2. The van der Waals surface area contributed by atoms with Crippen molar-refractivity contribution < 1.29 is 16.8 Å². The van der Waals surface area contributed by atoms with Crippen molar-refractivity contribution in [3.05, 3.63) is 119 Å². The predicted octanol–water partition coefficient (Wildman–Crippen LogP) is 10.1. The van der Waals surface area contributed by atoms with Crippen LogP contribution in [0, 0.1) is 0 Å². The molecule has 0 aromatic heterocycles. The predicted molar refractivity (Wildman–Crippen MR) is 213 cm³/mol. The summed E-state index contributed by atoms with van der Waals surface area (Å²) < 4.78 is 59.4. The minimum atomic E-state index is -3.68. The summed E-state index contributed by atoms with van der Waals surface area (Å²) in [5.74, 6) is 0. The first-order valence-electron chi connectivity index (χ1n) is 16.8. The van der Waals surface area contributed by atoms with E-state index in [2.05, 4.69) is 102 Å². The minimum Gasteiger partial charge on any atom is -0.267 e. The Morgan fingerprint density at radius 3 is 0.560 bits per heavy atom. The van der Waals surface area contributed by atoms with Gasteiger partial charge in [-0.2, -0.15) is 16.8 Å². The van der Waals surface area contributed by atoms with E-state index in [1.165, 1.54) is 0 Å². The van der Waals surface area contributed by atoms with Crippen molar-refractivity contribution in [2.75, 3.05) is 18.9 Å². The van der Waals surface area contributed by atoms with Crippen molar-refractivity contribution in [2.45, 2.75) is 105 Å². The van der Waals surface area contributed by atoms with E-state index in [-0.39, 0.29) is 21.7 Å². The second-order valence-corrected chi connectivity index (χ2v) is 19.6. The molecule has 0 saturated carbocycles. The van der Waals surface area contributed by atoms with Gasteiger partial charge in [-0.1, -0.05) is 132 Å². The first kappa shape index (κ1) is 40.4. The van der Waals surface area contributed by atoms with Crippen molar-refractivity contribution in [3.63, 3.8) is 0 Å². The summed E-state index contributed by atoms with van der Waals surface area (Å²) in [6.45, 7) is 25.4. The van der Waals surface area contributed by atoms with Crippen molar-refractivity contribution in [1.29, 1.82) is 0 Å². The molecule has 10 heteroatoms. The Balaban J connectivity index is 0.000000270. The van der Waals surface area contributed by atoms with Crippen LogP contribution in [0.5, 0.6) is 0 Å². The van der Waals surface area contributed by atoms with Crippen molar-refractivity contribution in [3.8, 4) is 0 Å². The smallest absolute Gasteiger partial charge is 0.267 e. The van der Waals surface area contributed by atoms with Gasteiger partial charge in [-0.3, -0.25) is 18.9 Å². The summed E-state index contributed by atoms with van der Waals surface area (Å²) in [4.78, 5) is 0. The van der Waals surface area contributed by atoms with Crippen LogP contribution >= 0.6 is 0 Å². The SMILES string of the molecule is CC(C)(C)c1ccc(NS(=O)(=O)Nc2ccc(C(C)(C)C)cc2)cc1.CC(C)(C)c1ccc(NS(=O)(=O)Nc2ccc(C(C)(C)C)cc2)cc1. The Bertz CT molecular complexity index is 1630. The van der Waals surface area contributed by atoms with Crippen molar-refractivity contribution in [1.82, 2.24) is 0 Å². The standard InChI is InChI=1S/2C20H28N2O2S/c2*1-19(2,3)15-7-11-17(12-8-15)21-25(23,24)22-18-13-9-16(10-14-18)20(4,5)6/h2*7-14,21-22H,1-6H3. The monoisotopic (exact) mass is 720 g/mol. The molecule has 4 aromatic rings. The van der Waals surface area contributed by atoms with E-state index in [1.54, 1.807) is 48.5 Å². The molecule has 0 radical (unpaired) electrons. The van der Waals surface area contributed by atoms with Gasteiger partial charge in [0.05, 0.1) is 22.7 Å². The number of hydrogen-bond acceptors (Lipinski definition) is 4. The first-order valence-corrected chi connectivity index (χ1v) is 19.7. The molecular formula is C40H56N4O4S2. The van der Waals surface area contributed by atoms with E-state index < -0.39 is 20.4 Å². The van der Waals surface area contributed by atoms with Gasteiger partial charge < -0.3 is 0 Å². The van der Waals surface area contributed by atoms with Gasteiger partial charge in [0.15, 0.2) is 0 Å². The molecule has 0 saturated heterocycles. The lowest BCUT2D eigenvalue weighted by molar-refractivity contribution is 0.590. The van der Waals surface area contributed by atoms with Gasteiger partial charge in [0.1, 0.15) is 0 Å². The molecule has 0 heterocycles. The molecule has 0 bridgehead atoms. The largest absolute Gasteiger partial charge is 0.321 e. The lowest BCUT2D eigenvalue weighted by Crippen LogP contribution is -2.22. The van der Waals surface area contributed by atoms with Gasteiger partial charge in [0.2, 0.25) is 0 Å². The molecule has 0 aliphatic rings. The third kappa shape index (κ3) is 12.7. The Morgan fingerprint density at radius 1 is 0.300 bits per heavy atom. The molecule has 272 valence electrons. The van der Waals surface area contributed by atoms with Crippen LogP contribution in [0.3, 0.4) is 0 Å². The summed E-state index contributed by atoms with van der Waals surface area (Å²) >= 11 is 0. The molecule has 4 aromatic carbocycles. The van der Waals surface area contributed by atoms with Crippen LogP contribution in [0.15, 0.2) is 97.1 Å². The second kappa shape index (κ2) is 15.1. The molecule has 4 N–H and O–H groups in total. The van der Waals surface area contributed by atoms with Crippen LogP contribution in [0.1, 0.15) is 105 Å². The molecular weight excluding hydrogens is 665 g/mol. The van der Waals surface area contributed by atoms with E-state index >= 15 is 0 Å². The van der Waals surface area contributed by atoms with Crippen molar-refractivity contribution in [2.24, 2.45) is 0 Å². The average Bonchev–Trinajstić information content (AvgIpc) is 2.96. The summed E-state index contributed by atoms with van der Waals surface area (Å²) in [5.41, 5.74) is 6.88. The third-order valence-electron chi connectivity index (χ3n) is 8.01. The lowest BCUT2D eigenvalue weighted by atomic mass is 9.87. The van der Waals surface area contributed by atoms with Gasteiger partial charge in [0, 0.05) is 0 Å². The molecule has 0 aliphatic carbocycles. The normalized spacial score (nSPS) is 12.7. The number of hydrogen-bond donors (Lipinski definition) is 4. The molecule has 0 fully saturated rings. The highest BCUT2D eigenvalue weighted by Crippen LogP contribution is 2.27. The summed E-state index contributed by atoms with van der Waals surface area (Å²) in [6.07, 6.45) is 0. The van der Waals surface area contributed by atoms with E-state index in [4.69, 9.17) is 0 Å². The zero-order valence-corrected chi connectivity index (χ0v) is 33.3. The van der Waals surface area contributed by atoms with Crippen LogP contribution in [-0.2, 0) is 42.1 Å². The number of anilines is 4. The van der Waals surface area contributed by atoms with Crippen LogP contribution in [0.4, 0.5) is 22.7 Å². The molecule has 0 atom stereocenters. The maximum absolute atomic E-state index is 12.3. The van der Waals surface area contributed by atoms with Crippen LogP contribution in [-0.4, -0.2) is 16.8 Å². The molecule has 0 unspecified atom stereocenters. The fourth-order valence-corrected chi connectivity index (χ4v) is 6.71. The molecule has 0 amide bonds. The summed E-state index contributed by atoms with van der Waals surface area (Å²) in [6, 6.07) is 29.8. The maximum atomic E-state index is 12.3. The van der Waals surface area contributed by atoms with E-state index in [9.17, 15) is 16.8 Å². The molecule has 0 aliphatic heterocycles. The summed E-state index contributed by atoms with van der Waals surface area (Å²) in [5, 5.41) is 0. The Labute approximate surface area is 301 Å². The Morgan fingerprint density at radius 2 is 0.440 bits per heavy atom. The molecule has 8 nitrogen and oxygen atoms in total. The van der Waals surface area contributed by atoms with E-state index in [0.29, 0.717) is 22.7 Å². The van der Waals surface area contributed by atoms with Crippen LogP contribution < -0.4 is 18.9 Å². The Kier molecular flexibility index (Phi) is 12.2. The van der Waals surface area contributed by atoms with Crippen LogP contribution in [0.25, 0.3) is 0 Å². The van der Waals surface area contributed by atoms with Gasteiger partial charge in [0.25, 0.3) is 0 Å². The Hall–Kier alpha value is -4.02. The first-order chi connectivity index (χ1) is 22.7. The highest BCUT2D eigenvalue weighted by Gasteiger charge is 2.18. The number of nitrogens with one attached hydrogen (secondary N) is 4. The van der Waals surface area contributed by atoms with Gasteiger partial charge in [-0.25, -0.2) is 0 Å². The zero-order valence-electron chi connectivity index (χ0n) is 31.7. The van der Waals surface area contributed by atoms with Gasteiger partial charge in [-0.05, 0) is 92.4 Å². The minimum absolute atomic E-state index is 0.0322. The fourth-order valence-electron chi connectivity index (χ4n) is 4.82. The number of benzene rings is 4. The second-order valence-electron chi connectivity index (χ2n) is 16.7. The molecule has 4 rings (SSSR count). The fraction of sp³-hybridized carbons (Fsp3) is 0.400. The maximum Gasteiger partial charge on any atom is 0.321 e. The van der Waals surface area contributed by atoms with Crippen LogP contribution in [0.2, 0.25) is 0 Å². The third-order valence-corrected chi connectivity index (χ3v) is 10.0. The lowest BCUT2D eigenvalue weighted by Gasteiger charge is -2.20. The quantitative estimate of drug-likeness (QED) is 0.145. The van der Waals surface area contributed by atoms with Gasteiger partial charge >= 0.3 is 20.4 Å². The topological polar surface area (TPSA) is 116 Å². The number of rotatable bonds is 8. The highest BCUT2D eigenvalue weighted by molar-refractivity contribution is 7.94. The average molecular weight is 721 g/mol. The molecule has 50 heavy (non-hydrogen) atoms.